The van der Waals surface area contributed by atoms with Crippen LogP contribution in [0.2, 0.25) is 0 Å². The van der Waals surface area contributed by atoms with Crippen molar-refractivity contribution in [2.45, 2.75) is 71.6 Å². The summed E-state index contributed by atoms with van der Waals surface area (Å²) in [4.78, 5) is 20.4. The van der Waals surface area contributed by atoms with Gasteiger partial charge >= 0.3 is 5.97 Å². The summed E-state index contributed by atoms with van der Waals surface area (Å²) >= 11 is 0. The minimum atomic E-state index is -0.220. The van der Waals surface area contributed by atoms with E-state index in [0.29, 0.717) is 18.0 Å². The van der Waals surface area contributed by atoms with Crippen LogP contribution in [0.3, 0.4) is 0 Å². The molecule has 0 aliphatic rings. The Kier molecular flexibility index (Phi) is 8.81. The number of unbranched alkanes of at least 4 members (excludes halogenated alkanes) is 5. The molecule has 0 spiro atoms. The second kappa shape index (κ2) is 11.4. The van der Waals surface area contributed by atoms with Crippen molar-refractivity contribution in [2.75, 3.05) is 0 Å². The predicted molar refractivity (Wildman–Crippen MR) is 105 cm³/mol. The van der Waals surface area contributed by atoms with Crippen LogP contribution in [0.15, 0.2) is 36.7 Å². The van der Waals surface area contributed by atoms with Gasteiger partial charge in [-0.2, -0.15) is 0 Å². The summed E-state index contributed by atoms with van der Waals surface area (Å²) in [5, 5.41) is 0. The smallest absolute Gasteiger partial charge is 0.311 e. The molecule has 0 radical (unpaired) electrons. The van der Waals surface area contributed by atoms with Crippen molar-refractivity contribution in [2.24, 2.45) is 0 Å². The standard InChI is InChI=1S/C22H30N2O2/c1-3-5-7-9-10-18-12-14-19(15-13-18)22-23-16-20(17-24-22)26-21(25)11-8-6-4-2/h12-17H,3-11H2,1-2H3. The topological polar surface area (TPSA) is 52.1 Å². The maximum Gasteiger partial charge on any atom is 0.311 e. The number of esters is 1. The van der Waals surface area contributed by atoms with Crippen LogP contribution in [0.5, 0.6) is 5.75 Å². The molecule has 0 unspecified atom stereocenters. The lowest BCUT2D eigenvalue weighted by Crippen LogP contribution is -2.08. The SMILES string of the molecule is CCCCCCc1ccc(-c2ncc(OC(=O)CCCCC)cn2)cc1. The van der Waals surface area contributed by atoms with Crippen LogP contribution in [0.1, 0.15) is 70.8 Å². The van der Waals surface area contributed by atoms with Crippen LogP contribution < -0.4 is 4.74 Å². The second-order valence-electron chi connectivity index (χ2n) is 6.68. The van der Waals surface area contributed by atoms with Crippen LogP contribution in [0.25, 0.3) is 11.4 Å². The van der Waals surface area contributed by atoms with E-state index in [1.54, 1.807) is 12.4 Å². The lowest BCUT2D eigenvalue weighted by atomic mass is 10.0. The lowest BCUT2D eigenvalue weighted by molar-refractivity contribution is -0.134. The third kappa shape index (κ3) is 6.95. The normalized spacial score (nSPS) is 10.7. The Hall–Kier alpha value is -2.23. The molecule has 0 N–H and O–H groups in total. The van der Waals surface area contributed by atoms with Gasteiger partial charge in [-0.15, -0.1) is 0 Å². The predicted octanol–water partition coefficient (Wildman–Crippen LogP) is 5.75. The Morgan fingerprint density at radius 1 is 0.885 bits per heavy atom. The maximum atomic E-state index is 11.7. The van der Waals surface area contributed by atoms with Gasteiger partial charge in [-0.25, -0.2) is 9.97 Å². The Morgan fingerprint density at radius 2 is 1.54 bits per heavy atom. The van der Waals surface area contributed by atoms with E-state index in [1.165, 1.54) is 31.2 Å². The zero-order chi connectivity index (χ0) is 18.6. The van der Waals surface area contributed by atoms with E-state index in [4.69, 9.17) is 4.74 Å². The number of ether oxygens (including phenoxy) is 1. The Balaban J connectivity index is 1.86. The number of carbonyl (C=O) groups is 1. The van der Waals surface area contributed by atoms with Crippen molar-refractivity contribution in [3.8, 4) is 17.1 Å². The van der Waals surface area contributed by atoms with Crippen LogP contribution in [-0.4, -0.2) is 15.9 Å². The molecule has 0 aliphatic heterocycles. The lowest BCUT2D eigenvalue weighted by Gasteiger charge is -2.06. The third-order valence-electron chi connectivity index (χ3n) is 4.38. The average Bonchev–Trinajstić information content (AvgIpc) is 2.67. The molecule has 2 rings (SSSR count). The molecule has 0 amide bonds. The van der Waals surface area contributed by atoms with E-state index in [0.717, 1.165) is 31.2 Å². The number of benzene rings is 1. The van der Waals surface area contributed by atoms with Gasteiger partial charge < -0.3 is 4.74 Å². The van der Waals surface area contributed by atoms with Crippen molar-refractivity contribution < 1.29 is 9.53 Å². The number of hydrogen-bond donors (Lipinski definition) is 0. The number of nitrogens with zero attached hydrogens (tertiary/aromatic N) is 2. The van der Waals surface area contributed by atoms with E-state index in [2.05, 4.69) is 48.1 Å². The van der Waals surface area contributed by atoms with Gasteiger partial charge in [-0.05, 0) is 24.8 Å². The highest BCUT2D eigenvalue weighted by Gasteiger charge is 2.07. The molecule has 1 heterocycles. The molecule has 0 bridgehead atoms. The first-order valence-corrected chi connectivity index (χ1v) is 9.85. The molecule has 2 aromatic rings. The minimum Gasteiger partial charge on any atom is -0.423 e. The van der Waals surface area contributed by atoms with E-state index < -0.39 is 0 Å². The molecule has 0 fully saturated rings. The summed E-state index contributed by atoms with van der Waals surface area (Å²) in [7, 11) is 0. The van der Waals surface area contributed by atoms with Gasteiger partial charge in [0.2, 0.25) is 0 Å². The van der Waals surface area contributed by atoms with Crippen LogP contribution in [0.4, 0.5) is 0 Å². The molecule has 140 valence electrons. The second-order valence-corrected chi connectivity index (χ2v) is 6.68. The number of aromatic nitrogens is 2. The highest BCUT2D eigenvalue weighted by atomic mass is 16.5. The average molecular weight is 354 g/mol. The molecular formula is C22H30N2O2. The highest BCUT2D eigenvalue weighted by molar-refractivity contribution is 5.72. The molecule has 0 aliphatic carbocycles. The summed E-state index contributed by atoms with van der Waals surface area (Å²) in [6, 6.07) is 8.40. The van der Waals surface area contributed by atoms with Crippen LogP contribution >= 0.6 is 0 Å². The summed E-state index contributed by atoms with van der Waals surface area (Å²) in [6.45, 7) is 4.34. The fraction of sp³-hybridized carbons (Fsp3) is 0.500. The van der Waals surface area contributed by atoms with Gasteiger partial charge in [0.1, 0.15) is 0 Å². The van der Waals surface area contributed by atoms with Gasteiger partial charge in [0.15, 0.2) is 11.6 Å². The number of aryl methyl sites for hydroxylation is 1. The molecule has 1 aromatic carbocycles. The molecule has 4 nitrogen and oxygen atoms in total. The van der Waals surface area contributed by atoms with Gasteiger partial charge in [0.05, 0.1) is 12.4 Å². The largest absolute Gasteiger partial charge is 0.423 e. The summed E-state index contributed by atoms with van der Waals surface area (Å²) < 4.78 is 5.27. The fourth-order valence-corrected chi connectivity index (χ4v) is 2.80. The van der Waals surface area contributed by atoms with E-state index in [-0.39, 0.29) is 5.97 Å². The summed E-state index contributed by atoms with van der Waals surface area (Å²) in [5.41, 5.74) is 2.32. The first kappa shape index (κ1) is 20.1. The van der Waals surface area contributed by atoms with Crippen molar-refractivity contribution in [1.29, 1.82) is 0 Å². The molecular weight excluding hydrogens is 324 g/mol. The highest BCUT2D eigenvalue weighted by Crippen LogP contribution is 2.19. The van der Waals surface area contributed by atoms with Gasteiger partial charge in [0, 0.05) is 12.0 Å². The number of rotatable bonds is 11. The quantitative estimate of drug-likeness (QED) is 0.381. The minimum absolute atomic E-state index is 0.220. The zero-order valence-corrected chi connectivity index (χ0v) is 16.0. The fourth-order valence-electron chi connectivity index (χ4n) is 2.80. The molecule has 0 saturated heterocycles. The maximum absolute atomic E-state index is 11.7. The van der Waals surface area contributed by atoms with Crippen LogP contribution in [-0.2, 0) is 11.2 Å². The molecule has 0 atom stereocenters. The zero-order valence-electron chi connectivity index (χ0n) is 16.0. The Morgan fingerprint density at radius 3 is 2.19 bits per heavy atom. The first-order valence-electron chi connectivity index (χ1n) is 9.85. The Labute approximate surface area is 157 Å². The summed E-state index contributed by atoms with van der Waals surface area (Å²) in [6.07, 6.45) is 12.8. The number of hydrogen-bond acceptors (Lipinski definition) is 4. The molecule has 1 aromatic heterocycles. The van der Waals surface area contributed by atoms with Gasteiger partial charge in [-0.1, -0.05) is 70.2 Å². The molecule has 0 saturated carbocycles. The molecule has 26 heavy (non-hydrogen) atoms. The van der Waals surface area contributed by atoms with E-state index >= 15 is 0 Å². The van der Waals surface area contributed by atoms with Gasteiger partial charge in [0.25, 0.3) is 0 Å². The Bertz CT molecular complexity index is 651. The number of carbonyl (C=O) groups excluding carboxylic acids is 1. The van der Waals surface area contributed by atoms with E-state index in [1.807, 2.05) is 0 Å². The van der Waals surface area contributed by atoms with E-state index in [9.17, 15) is 4.79 Å². The third-order valence-corrected chi connectivity index (χ3v) is 4.38. The first-order chi connectivity index (χ1) is 12.7. The van der Waals surface area contributed by atoms with Crippen LogP contribution in [0, 0.1) is 0 Å². The van der Waals surface area contributed by atoms with Crippen molar-refractivity contribution in [3.63, 3.8) is 0 Å². The van der Waals surface area contributed by atoms with Gasteiger partial charge in [-0.3, -0.25) is 4.79 Å². The summed E-state index contributed by atoms with van der Waals surface area (Å²) in [5.74, 6) is 0.832. The van der Waals surface area contributed by atoms with Crippen molar-refractivity contribution >= 4 is 5.97 Å². The monoisotopic (exact) mass is 354 g/mol. The van der Waals surface area contributed by atoms with Crippen molar-refractivity contribution in [3.05, 3.63) is 42.2 Å². The van der Waals surface area contributed by atoms with Crippen molar-refractivity contribution in [1.82, 2.24) is 9.97 Å². The molecule has 4 heteroatoms.